The number of carbonyl (C=O) groups excluding carboxylic acids is 1. The van der Waals surface area contributed by atoms with E-state index in [0.29, 0.717) is 42.8 Å². The van der Waals surface area contributed by atoms with Crippen LogP contribution in [-0.2, 0) is 14.8 Å². The van der Waals surface area contributed by atoms with Crippen LogP contribution in [0, 0.1) is 13.8 Å². The second-order valence-corrected chi connectivity index (χ2v) is 11.1. The molecule has 0 bridgehead atoms. The third-order valence-electron chi connectivity index (χ3n) is 5.84. The number of ether oxygens (including phenoxy) is 1. The summed E-state index contributed by atoms with van der Waals surface area (Å²) in [7, 11) is -3.64. The van der Waals surface area contributed by atoms with Gasteiger partial charge in [-0.2, -0.15) is 4.31 Å². The van der Waals surface area contributed by atoms with Crippen molar-refractivity contribution in [1.82, 2.24) is 14.3 Å². The number of morpholine rings is 1. The number of amides is 1. The minimum Gasteiger partial charge on any atom is -0.379 e. The summed E-state index contributed by atoms with van der Waals surface area (Å²) < 4.78 is 32.5. The Hall–Kier alpha value is -2.40. The van der Waals surface area contributed by atoms with Gasteiger partial charge in [-0.25, -0.2) is 18.4 Å². The highest BCUT2D eigenvalue weighted by molar-refractivity contribution is 7.89. The van der Waals surface area contributed by atoms with Crippen molar-refractivity contribution >= 4 is 43.2 Å². The Bertz CT molecular complexity index is 1310. The van der Waals surface area contributed by atoms with Crippen molar-refractivity contribution in [3.63, 3.8) is 0 Å². The molecule has 168 valence electrons. The number of fused-ring (bicyclic) bond motifs is 1. The molecule has 1 aliphatic carbocycles. The van der Waals surface area contributed by atoms with Crippen LogP contribution in [0.15, 0.2) is 29.2 Å². The number of hydrogen-bond acceptors (Lipinski definition) is 7. The van der Waals surface area contributed by atoms with E-state index in [2.05, 4.69) is 10.3 Å². The van der Waals surface area contributed by atoms with Gasteiger partial charge < -0.3 is 10.1 Å². The van der Waals surface area contributed by atoms with Crippen LogP contribution >= 0.6 is 11.3 Å². The van der Waals surface area contributed by atoms with Gasteiger partial charge >= 0.3 is 0 Å². The lowest BCUT2D eigenvalue weighted by Gasteiger charge is -2.26. The number of anilines is 1. The van der Waals surface area contributed by atoms with Crippen LogP contribution in [-0.4, -0.2) is 54.9 Å². The van der Waals surface area contributed by atoms with Gasteiger partial charge in [-0.05, 0) is 50.5 Å². The van der Waals surface area contributed by atoms with Gasteiger partial charge in [0.2, 0.25) is 10.0 Å². The largest absolute Gasteiger partial charge is 0.379 e. The molecule has 1 N–H and O–H groups in total. The molecule has 1 amide bonds. The molecule has 0 spiro atoms. The zero-order chi connectivity index (χ0) is 22.5. The van der Waals surface area contributed by atoms with Crippen LogP contribution in [0.2, 0.25) is 0 Å². The molecule has 8 nitrogen and oxygen atoms in total. The van der Waals surface area contributed by atoms with Gasteiger partial charge in [0.05, 0.1) is 28.7 Å². The van der Waals surface area contributed by atoms with Gasteiger partial charge in [-0.15, -0.1) is 11.3 Å². The third kappa shape index (κ3) is 3.92. The highest BCUT2D eigenvalue weighted by Gasteiger charge is 2.29. The van der Waals surface area contributed by atoms with E-state index in [9.17, 15) is 13.2 Å². The molecule has 3 aromatic rings. The number of hydrogen-bond donors (Lipinski definition) is 1. The van der Waals surface area contributed by atoms with Crippen LogP contribution in [0.5, 0.6) is 0 Å². The molecule has 2 fully saturated rings. The second-order valence-electron chi connectivity index (χ2n) is 8.18. The second kappa shape index (κ2) is 8.18. The fourth-order valence-electron chi connectivity index (χ4n) is 3.96. The zero-order valence-electron chi connectivity index (χ0n) is 17.9. The molecule has 32 heavy (non-hydrogen) atoms. The number of nitrogens with one attached hydrogen (secondary N) is 1. The maximum atomic E-state index is 13.1. The van der Waals surface area contributed by atoms with Crippen molar-refractivity contribution in [3.05, 3.63) is 46.2 Å². The Morgan fingerprint density at radius 3 is 2.66 bits per heavy atom. The average Bonchev–Trinajstić information content (AvgIpc) is 3.58. The Morgan fingerprint density at radius 1 is 1.19 bits per heavy atom. The molecule has 0 unspecified atom stereocenters. The Morgan fingerprint density at radius 2 is 1.94 bits per heavy atom. The minimum absolute atomic E-state index is 0.154. The molecule has 2 aliphatic rings. The maximum Gasteiger partial charge on any atom is 0.266 e. The van der Waals surface area contributed by atoms with E-state index in [-0.39, 0.29) is 10.8 Å². The highest BCUT2D eigenvalue weighted by atomic mass is 32.2. The van der Waals surface area contributed by atoms with E-state index in [0.717, 1.165) is 40.1 Å². The van der Waals surface area contributed by atoms with Crippen LogP contribution in [0.25, 0.3) is 10.2 Å². The third-order valence-corrected chi connectivity index (χ3v) is 8.92. The zero-order valence-corrected chi connectivity index (χ0v) is 19.6. The van der Waals surface area contributed by atoms with E-state index >= 15 is 0 Å². The summed E-state index contributed by atoms with van der Waals surface area (Å²) in [6.07, 6.45) is 2.23. The molecule has 3 heterocycles. The fourth-order valence-corrected chi connectivity index (χ4v) is 6.55. The van der Waals surface area contributed by atoms with Gasteiger partial charge in [0.1, 0.15) is 10.7 Å². The first-order chi connectivity index (χ1) is 15.3. The van der Waals surface area contributed by atoms with E-state index in [4.69, 9.17) is 9.72 Å². The Balaban J connectivity index is 1.42. The monoisotopic (exact) mass is 472 g/mol. The number of sulfonamides is 1. The molecule has 10 heteroatoms. The Labute approximate surface area is 190 Å². The van der Waals surface area contributed by atoms with E-state index < -0.39 is 10.0 Å². The standard InChI is InChI=1S/C22H24N4O4S2/c1-13-18-14(2)23-20(15-6-7-15)25-22(18)31-19(13)21(27)24-16-4-3-5-17(12-16)32(28,29)26-8-10-30-11-9-26/h3-5,12,15H,6-11H2,1-2H3,(H,24,27). The van der Waals surface area contributed by atoms with Crippen molar-refractivity contribution in [2.75, 3.05) is 31.6 Å². The molecule has 2 aromatic heterocycles. The predicted octanol–water partition coefficient (Wildman–Crippen LogP) is 3.46. The summed E-state index contributed by atoms with van der Waals surface area (Å²) >= 11 is 1.35. The molecule has 5 rings (SSSR count). The summed E-state index contributed by atoms with van der Waals surface area (Å²) in [5.41, 5.74) is 2.17. The number of aromatic nitrogens is 2. The molecule has 1 aromatic carbocycles. The normalized spacial score (nSPS) is 17.6. The van der Waals surface area contributed by atoms with Gasteiger partial charge in [0.15, 0.2) is 0 Å². The molecule has 0 atom stereocenters. The SMILES string of the molecule is Cc1nc(C2CC2)nc2sc(C(=O)Nc3cccc(S(=O)(=O)N4CCOCC4)c3)c(C)c12. The molecular formula is C22H24N4O4S2. The van der Waals surface area contributed by atoms with Crippen molar-refractivity contribution in [2.45, 2.75) is 37.5 Å². The number of rotatable bonds is 5. The van der Waals surface area contributed by atoms with Crippen molar-refractivity contribution in [1.29, 1.82) is 0 Å². The lowest BCUT2D eigenvalue weighted by molar-refractivity contribution is 0.0730. The summed E-state index contributed by atoms with van der Waals surface area (Å²) in [5.74, 6) is 1.02. The number of benzene rings is 1. The summed E-state index contributed by atoms with van der Waals surface area (Å²) in [6.45, 7) is 5.26. The van der Waals surface area contributed by atoms with Crippen molar-refractivity contribution in [3.8, 4) is 0 Å². The van der Waals surface area contributed by atoms with Gasteiger partial charge in [-0.3, -0.25) is 4.79 Å². The summed E-state index contributed by atoms with van der Waals surface area (Å²) in [5, 5.41) is 3.78. The van der Waals surface area contributed by atoms with E-state index in [1.807, 2.05) is 13.8 Å². The van der Waals surface area contributed by atoms with Gasteiger partial charge in [0.25, 0.3) is 5.91 Å². The topological polar surface area (TPSA) is 101 Å². The Kier molecular flexibility index (Phi) is 5.48. The first-order valence-corrected chi connectivity index (χ1v) is 12.9. The number of thiophene rings is 1. The maximum absolute atomic E-state index is 13.1. The number of nitrogens with zero attached hydrogens (tertiary/aromatic N) is 3. The van der Waals surface area contributed by atoms with Crippen molar-refractivity contribution in [2.24, 2.45) is 0 Å². The fraction of sp³-hybridized carbons (Fsp3) is 0.409. The summed E-state index contributed by atoms with van der Waals surface area (Å²) in [6, 6.07) is 6.37. The molecule has 0 radical (unpaired) electrons. The van der Waals surface area contributed by atoms with Crippen LogP contribution in [0.3, 0.4) is 0 Å². The van der Waals surface area contributed by atoms with Gasteiger partial charge in [0, 0.05) is 30.1 Å². The average molecular weight is 473 g/mol. The molecule has 1 saturated heterocycles. The summed E-state index contributed by atoms with van der Waals surface area (Å²) in [4.78, 5) is 24.0. The van der Waals surface area contributed by atoms with Crippen LogP contribution < -0.4 is 5.32 Å². The molecular weight excluding hydrogens is 448 g/mol. The van der Waals surface area contributed by atoms with Crippen molar-refractivity contribution < 1.29 is 17.9 Å². The van der Waals surface area contributed by atoms with E-state index in [1.54, 1.807) is 18.2 Å². The van der Waals surface area contributed by atoms with Crippen LogP contribution in [0.1, 0.15) is 45.5 Å². The predicted molar refractivity (Wildman–Crippen MR) is 123 cm³/mol. The van der Waals surface area contributed by atoms with Gasteiger partial charge in [-0.1, -0.05) is 6.07 Å². The quantitative estimate of drug-likeness (QED) is 0.610. The first kappa shape index (κ1) is 21.4. The molecule has 1 aliphatic heterocycles. The number of aryl methyl sites for hydroxylation is 2. The van der Waals surface area contributed by atoms with Crippen LogP contribution in [0.4, 0.5) is 5.69 Å². The number of carbonyl (C=O) groups is 1. The first-order valence-electron chi connectivity index (χ1n) is 10.6. The molecule has 1 saturated carbocycles. The smallest absolute Gasteiger partial charge is 0.266 e. The lowest BCUT2D eigenvalue weighted by atomic mass is 10.1. The lowest BCUT2D eigenvalue weighted by Crippen LogP contribution is -2.40. The minimum atomic E-state index is -3.64. The highest BCUT2D eigenvalue weighted by Crippen LogP contribution is 2.40. The van der Waals surface area contributed by atoms with E-state index in [1.165, 1.54) is 21.7 Å².